The number of hydrogen-bond donors (Lipinski definition) is 1. The summed E-state index contributed by atoms with van der Waals surface area (Å²) in [5, 5.41) is 8.65. The Morgan fingerprint density at radius 2 is 2.00 bits per heavy atom. The molecule has 4 heteroatoms. The molecule has 14 heavy (non-hydrogen) atoms. The number of ether oxygens (including phenoxy) is 2. The van der Waals surface area contributed by atoms with Crippen LogP contribution in [-0.4, -0.2) is 13.2 Å². The van der Waals surface area contributed by atoms with Gasteiger partial charge in [-0.25, -0.2) is 0 Å². The number of rotatable bonds is 1. The number of nitriles is 1. The van der Waals surface area contributed by atoms with Gasteiger partial charge >= 0.3 is 0 Å². The maximum Gasteiger partial charge on any atom is 0.161 e. The molecule has 2 N–H and O–H groups in total. The highest BCUT2D eigenvalue weighted by Crippen LogP contribution is 2.31. The third kappa shape index (κ3) is 1.50. The fourth-order valence-electron chi connectivity index (χ4n) is 1.33. The van der Waals surface area contributed by atoms with Crippen LogP contribution >= 0.6 is 0 Å². The number of nitrogens with two attached hydrogens (primary N) is 1. The minimum atomic E-state index is -0.606. The Morgan fingerprint density at radius 3 is 2.71 bits per heavy atom. The first-order valence-corrected chi connectivity index (χ1v) is 4.36. The monoisotopic (exact) mass is 190 g/mol. The van der Waals surface area contributed by atoms with Crippen molar-refractivity contribution in [2.24, 2.45) is 5.73 Å². The van der Waals surface area contributed by atoms with Gasteiger partial charge in [0.05, 0.1) is 6.07 Å². The molecule has 4 nitrogen and oxygen atoms in total. The lowest BCUT2D eigenvalue weighted by atomic mass is 10.1. The molecule has 0 saturated heterocycles. The van der Waals surface area contributed by atoms with Crippen LogP contribution in [0.1, 0.15) is 11.6 Å². The summed E-state index contributed by atoms with van der Waals surface area (Å²) in [7, 11) is 0. The Balaban J connectivity index is 2.34. The van der Waals surface area contributed by atoms with Crippen molar-refractivity contribution >= 4 is 0 Å². The lowest BCUT2D eigenvalue weighted by molar-refractivity contribution is 0.171. The van der Waals surface area contributed by atoms with E-state index in [9.17, 15) is 0 Å². The minimum absolute atomic E-state index is 0.540. The van der Waals surface area contributed by atoms with E-state index in [-0.39, 0.29) is 0 Å². The minimum Gasteiger partial charge on any atom is -0.486 e. The van der Waals surface area contributed by atoms with E-state index in [0.29, 0.717) is 24.7 Å². The van der Waals surface area contributed by atoms with Crippen LogP contribution in [0.15, 0.2) is 18.2 Å². The zero-order chi connectivity index (χ0) is 9.97. The van der Waals surface area contributed by atoms with Crippen LogP contribution in [0, 0.1) is 11.3 Å². The largest absolute Gasteiger partial charge is 0.486 e. The Kier molecular flexibility index (Phi) is 2.25. The van der Waals surface area contributed by atoms with E-state index in [1.165, 1.54) is 0 Å². The number of hydrogen-bond acceptors (Lipinski definition) is 4. The highest BCUT2D eigenvalue weighted by molar-refractivity contribution is 5.45. The topological polar surface area (TPSA) is 68.3 Å². The van der Waals surface area contributed by atoms with Gasteiger partial charge < -0.3 is 15.2 Å². The molecule has 0 bridgehead atoms. The highest BCUT2D eigenvalue weighted by atomic mass is 16.6. The molecule has 1 aromatic carbocycles. The van der Waals surface area contributed by atoms with Crippen LogP contribution in [-0.2, 0) is 0 Å². The lowest BCUT2D eigenvalue weighted by Crippen LogP contribution is -2.16. The number of benzene rings is 1. The van der Waals surface area contributed by atoms with Gasteiger partial charge in [-0.15, -0.1) is 0 Å². The van der Waals surface area contributed by atoms with E-state index < -0.39 is 6.04 Å². The van der Waals surface area contributed by atoms with Crippen LogP contribution < -0.4 is 15.2 Å². The Bertz CT molecular complexity index is 384. The van der Waals surface area contributed by atoms with E-state index in [0.717, 1.165) is 5.56 Å². The molecule has 0 fully saturated rings. The molecule has 1 atom stereocenters. The van der Waals surface area contributed by atoms with Crippen LogP contribution in [0.3, 0.4) is 0 Å². The lowest BCUT2D eigenvalue weighted by Gasteiger charge is -2.19. The van der Waals surface area contributed by atoms with Crippen molar-refractivity contribution in [2.75, 3.05) is 13.2 Å². The van der Waals surface area contributed by atoms with Gasteiger partial charge in [0.15, 0.2) is 11.5 Å². The molecule has 2 rings (SSSR count). The van der Waals surface area contributed by atoms with Crippen LogP contribution in [0.5, 0.6) is 11.5 Å². The molecule has 0 aromatic heterocycles. The first-order valence-electron chi connectivity index (χ1n) is 4.36. The molecule has 1 aliphatic heterocycles. The fraction of sp³-hybridized carbons (Fsp3) is 0.300. The molecule has 1 aromatic rings. The highest BCUT2D eigenvalue weighted by Gasteiger charge is 2.13. The van der Waals surface area contributed by atoms with Crippen molar-refractivity contribution in [3.8, 4) is 17.6 Å². The summed E-state index contributed by atoms with van der Waals surface area (Å²) < 4.78 is 10.7. The summed E-state index contributed by atoms with van der Waals surface area (Å²) in [5.41, 5.74) is 6.32. The molecule has 0 amide bonds. The van der Waals surface area contributed by atoms with Gasteiger partial charge in [0.1, 0.15) is 19.3 Å². The summed E-state index contributed by atoms with van der Waals surface area (Å²) in [6, 6.07) is 6.67. The first kappa shape index (κ1) is 8.85. The smallest absolute Gasteiger partial charge is 0.161 e. The molecule has 1 aliphatic rings. The van der Waals surface area contributed by atoms with Crippen LogP contribution in [0.2, 0.25) is 0 Å². The second kappa shape index (κ2) is 3.56. The van der Waals surface area contributed by atoms with Gasteiger partial charge in [-0.2, -0.15) is 5.26 Å². The van der Waals surface area contributed by atoms with E-state index in [1.54, 1.807) is 18.2 Å². The summed E-state index contributed by atoms with van der Waals surface area (Å²) in [6.45, 7) is 1.11. The van der Waals surface area contributed by atoms with Crippen molar-refractivity contribution < 1.29 is 9.47 Å². The standard InChI is InChI=1S/C10H10N2O2/c11-6-8(12)7-1-2-9-10(5-7)14-4-3-13-9/h1-2,5,8H,3-4,12H2. The van der Waals surface area contributed by atoms with Crippen molar-refractivity contribution in [1.82, 2.24) is 0 Å². The first-order chi connectivity index (χ1) is 6.81. The molecule has 1 heterocycles. The summed E-state index contributed by atoms with van der Waals surface area (Å²) in [4.78, 5) is 0. The molecule has 0 aliphatic carbocycles. The van der Waals surface area contributed by atoms with Crippen LogP contribution in [0.4, 0.5) is 0 Å². The van der Waals surface area contributed by atoms with Crippen molar-refractivity contribution in [1.29, 1.82) is 5.26 Å². The number of nitrogens with zero attached hydrogens (tertiary/aromatic N) is 1. The zero-order valence-corrected chi connectivity index (χ0v) is 7.56. The van der Waals surface area contributed by atoms with E-state index in [1.807, 2.05) is 6.07 Å². The van der Waals surface area contributed by atoms with Crippen molar-refractivity contribution in [3.63, 3.8) is 0 Å². The second-order valence-corrected chi connectivity index (χ2v) is 3.01. The predicted octanol–water partition coefficient (Wildman–Crippen LogP) is 0.981. The van der Waals surface area contributed by atoms with Crippen molar-refractivity contribution in [2.45, 2.75) is 6.04 Å². The predicted molar refractivity (Wildman–Crippen MR) is 50.0 cm³/mol. The van der Waals surface area contributed by atoms with Gasteiger partial charge in [0, 0.05) is 0 Å². The maximum atomic E-state index is 8.65. The average molecular weight is 190 g/mol. The average Bonchev–Trinajstić information content (AvgIpc) is 2.27. The second-order valence-electron chi connectivity index (χ2n) is 3.01. The van der Waals surface area contributed by atoms with E-state index in [2.05, 4.69) is 0 Å². The molecule has 72 valence electrons. The van der Waals surface area contributed by atoms with Gasteiger partial charge in [0.2, 0.25) is 0 Å². The summed E-state index contributed by atoms with van der Waals surface area (Å²) >= 11 is 0. The van der Waals surface area contributed by atoms with Crippen molar-refractivity contribution in [3.05, 3.63) is 23.8 Å². The summed E-state index contributed by atoms with van der Waals surface area (Å²) in [6.07, 6.45) is 0. The quantitative estimate of drug-likeness (QED) is 0.716. The normalized spacial score (nSPS) is 15.7. The molecular formula is C10H10N2O2. The molecule has 0 saturated carbocycles. The fourth-order valence-corrected chi connectivity index (χ4v) is 1.33. The Labute approximate surface area is 81.8 Å². The molecule has 0 spiro atoms. The third-order valence-corrected chi connectivity index (χ3v) is 2.06. The van der Waals surface area contributed by atoms with Gasteiger partial charge in [0.25, 0.3) is 0 Å². The maximum absolute atomic E-state index is 8.65. The Morgan fingerprint density at radius 1 is 1.29 bits per heavy atom. The van der Waals surface area contributed by atoms with Gasteiger partial charge in [-0.05, 0) is 17.7 Å². The number of fused-ring (bicyclic) bond motifs is 1. The summed E-state index contributed by atoms with van der Waals surface area (Å²) in [5.74, 6) is 1.38. The van der Waals surface area contributed by atoms with E-state index >= 15 is 0 Å². The molecule has 0 radical (unpaired) electrons. The van der Waals surface area contributed by atoms with Crippen LogP contribution in [0.25, 0.3) is 0 Å². The third-order valence-electron chi connectivity index (χ3n) is 2.06. The van der Waals surface area contributed by atoms with Gasteiger partial charge in [-0.1, -0.05) is 6.07 Å². The Hall–Kier alpha value is -1.73. The van der Waals surface area contributed by atoms with Gasteiger partial charge in [-0.3, -0.25) is 0 Å². The van der Waals surface area contributed by atoms with E-state index in [4.69, 9.17) is 20.5 Å². The SMILES string of the molecule is N#CC(N)c1ccc2c(c1)OCCO2. The molecule has 1 unspecified atom stereocenters. The zero-order valence-electron chi connectivity index (χ0n) is 7.56. The molecular weight excluding hydrogens is 180 g/mol.